The van der Waals surface area contributed by atoms with Gasteiger partial charge >= 0.3 is 4.87 Å². The van der Waals surface area contributed by atoms with Crippen LogP contribution in [0.5, 0.6) is 11.5 Å². The highest BCUT2D eigenvalue weighted by Crippen LogP contribution is 2.68. The lowest BCUT2D eigenvalue weighted by molar-refractivity contribution is -0.384. The van der Waals surface area contributed by atoms with Crippen molar-refractivity contribution >= 4 is 57.9 Å². The quantitative estimate of drug-likeness (QED) is 0.109. The number of ether oxygens (including phenoxy) is 1. The molecule has 3 amide bonds. The van der Waals surface area contributed by atoms with Crippen molar-refractivity contribution in [1.29, 1.82) is 0 Å². The van der Waals surface area contributed by atoms with E-state index in [1.165, 1.54) is 41.3 Å². The van der Waals surface area contributed by atoms with Crippen LogP contribution < -0.4 is 19.8 Å². The Hall–Kier alpha value is -4.95. The highest BCUT2D eigenvalue weighted by Gasteiger charge is 2.69. The zero-order chi connectivity index (χ0) is 32.6. The van der Waals surface area contributed by atoms with Crippen LogP contribution in [0.3, 0.4) is 0 Å². The molecule has 7 atom stereocenters. The fraction of sp³-hybridized carbons (Fsp3) is 0.273. The van der Waals surface area contributed by atoms with Gasteiger partial charge in [-0.05, 0) is 78.3 Å². The first-order chi connectivity index (χ1) is 22.7. The van der Waals surface area contributed by atoms with Gasteiger partial charge in [0.05, 0.1) is 27.5 Å². The molecule has 8 rings (SSSR count). The van der Waals surface area contributed by atoms with Crippen LogP contribution in [0.15, 0.2) is 82.6 Å². The van der Waals surface area contributed by atoms with Gasteiger partial charge in [0.2, 0.25) is 11.8 Å². The van der Waals surface area contributed by atoms with Crippen molar-refractivity contribution in [3.63, 3.8) is 0 Å². The van der Waals surface area contributed by atoms with Crippen molar-refractivity contribution in [2.45, 2.75) is 22.6 Å². The molecular weight excluding hydrogens is 645 g/mol. The molecular formula is C33H26N4O8S2. The molecule has 3 fully saturated rings. The largest absolute Gasteiger partial charge is 0.508 e. The number of thioether (sulfide) groups is 1. The predicted octanol–water partition coefficient (Wildman–Crippen LogP) is 4.75. The first kappa shape index (κ1) is 29.5. The fourth-order valence-corrected chi connectivity index (χ4v) is 10.9. The Bertz CT molecular complexity index is 2010. The molecule has 4 unspecified atom stereocenters. The number of amides is 3. The number of nitro groups is 1. The van der Waals surface area contributed by atoms with Crippen LogP contribution >= 0.6 is 23.1 Å². The number of benzene rings is 3. The highest BCUT2D eigenvalue weighted by molar-refractivity contribution is 8.00. The number of carbonyl (C=O) groups excluding carboxylic acids is 3. The molecule has 1 aromatic heterocycles. The number of fused-ring (bicyclic) bond motifs is 9. The molecule has 14 heteroatoms. The Kier molecular flexibility index (Phi) is 6.95. The molecule has 12 nitrogen and oxygen atoms in total. The second kappa shape index (κ2) is 11.1. The van der Waals surface area contributed by atoms with E-state index in [0.29, 0.717) is 23.5 Å². The standard InChI is InChI=1S/C33H26N4O8S2/c38-19-10-4-16(5-11-19)34-23(39)14-45-20-3-1-2-15(12-20)24-25-21-13-22(28(25)46-30-29(24)47-33(42)35-30)27-26(21)31(40)36(32(27)41)17-6-8-18(9-7-17)37(43)44/h1-12,21-22,24-28,38H,13-14H2,(H,34,39)(H,35,42)/t21-,22-,24-,25?,26?,27?,28?/m1/s1. The predicted molar refractivity (Wildman–Crippen MR) is 173 cm³/mol. The van der Waals surface area contributed by atoms with E-state index in [9.17, 15) is 34.4 Å². The van der Waals surface area contributed by atoms with Gasteiger partial charge in [0, 0.05) is 33.9 Å². The maximum Gasteiger partial charge on any atom is 0.305 e. The van der Waals surface area contributed by atoms with Gasteiger partial charge in [-0.1, -0.05) is 23.5 Å². The summed E-state index contributed by atoms with van der Waals surface area (Å²) in [5.41, 5.74) is 1.62. The molecule has 2 saturated carbocycles. The number of hydrogen-bond donors (Lipinski definition) is 3. The zero-order valence-corrected chi connectivity index (χ0v) is 26.0. The van der Waals surface area contributed by atoms with Crippen LogP contribution in [0.2, 0.25) is 0 Å². The number of carbonyl (C=O) groups is 3. The smallest absolute Gasteiger partial charge is 0.305 e. The number of aromatic hydroxyl groups is 1. The number of H-pyrrole nitrogens is 1. The van der Waals surface area contributed by atoms with Crippen molar-refractivity contribution in [2.24, 2.45) is 29.6 Å². The molecule has 2 aliphatic heterocycles. The van der Waals surface area contributed by atoms with Crippen LogP contribution in [0, 0.1) is 39.7 Å². The van der Waals surface area contributed by atoms with Crippen molar-refractivity contribution < 1.29 is 29.2 Å². The molecule has 1 saturated heterocycles. The summed E-state index contributed by atoms with van der Waals surface area (Å²) in [6.07, 6.45) is 0.715. The second-order valence-electron chi connectivity index (χ2n) is 12.2. The summed E-state index contributed by atoms with van der Waals surface area (Å²) in [6, 6.07) is 19.0. The third-order valence-electron chi connectivity index (χ3n) is 9.78. The van der Waals surface area contributed by atoms with Crippen LogP contribution in [0.1, 0.15) is 22.8 Å². The molecule has 2 bridgehead atoms. The molecule has 238 valence electrons. The Morgan fingerprint density at radius 1 is 1.02 bits per heavy atom. The average Bonchev–Trinajstić information content (AvgIpc) is 3.80. The molecule has 3 aromatic carbocycles. The molecule has 4 aromatic rings. The summed E-state index contributed by atoms with van der Waals surface area (Å²) >= 11 is 2.73. The maximum atomic E-state index is 14.0. The van der Waals surface area contributed by atoms with Gasteiger partial charge in [0.25, 0.3) is 11.6 Å². The van der Waals surface area contributed by atoms with E-state index in [-0.39, 0.29) is 69.6 Å². The number of nitrogens with one attached hydrogen (secondary N) is 2. The lowest BCUT2D eigenvalue weighted by Gasteiger charge is -2.43. The number of phenols is 1. The zero-order valence-electron chi connectivity index (χ0n) is 24.4. The van der Waals surface area contributed by atoms with Gasteiger partial charge in [0.1, 0.15) is 11.5 Å². The minimum Gasteiger partial charge on any atom is -0.508 e. The van der Waals surface area contributed by atoms with E-state index in [1.807, 2.05) is 18.2 Å². The summed E-state index contributed by atoms with van der Waals surface area (Å²) in [6.45, 7) is -0.247. The van der Waals surface area contributed by atoms with E-state index in [2.05, 4.69) is 10.3 Å². The first-order valence-corrected chi connectivity index (χ1v) is 16.7. The molecule has 4 aliphatic rings. The SMILES string of the molecule is O=C(COc1cccc([C@H]2c3sc(=O)[nH]c3SC3C2[C@H]2C[C@@H]3C3C(=O)N(c4ccc([N+](=O)[O-])cc4)C(=O)C32)c1)Nc1ccc(O)cc1. The second-order valence-corrected chi connectivity index (χ2v) is 14.4. The lowest BCUT2D eigenvalue weighted by atomic mass is 9.68. The Morgan fingerprint density at radius 3 is 2.47 bits per heavy atom. The molecule has 2 aliphatic carbocycles. The van der Waals surface area contributed by atoms with E-state index in [4.69, 9.17) is 4.74 Å². The Morgan fingerprint density at radius 2 is 1.74 bits per heavy atom. The molecule has 3 heterocycles. The van der Waals surface area contributed by atoms with Gasteiger partial charge in [-0.2, -0.15) is 0 Å². The number of imide groups is 1. The number of thiazole rings is 1. The van der Waals surface area contributed by atoms with E-state index in [0.717, 1.165) is 26.8 Å². The van der Waals surface area contributed by atoms with Crippen LogP contribution in [0.25, 0.3) is 0 Å². The third-order valence-corrected chi connectivity index (χ3v) is 12.4. The van der Waals surface area contributed by atoms with Gasteiger partial charge in [0.15, 0.2) is 6.61 Å². The molecule has 0 spiro atoms. The minimum atomic E-state index is -0.524. The van der Waals surface area contributed by atoms with Crippen molar-refractivity contribution in [2.75, 3.05) is 16.8 Å². The number of aromatic amines is 1. The Balaban J connectivity index is 1.08. The van der Waals surface area contributed by atoms with Gasteiger partial charge < -0.3 is 20.1 Å². The van der Waals surface area contributed by atoms with Gasteiger partial charge in [-0.15, -0.1) is 11.8 Å². The monoisotopic (exact) mass is 670 g/mol. The average molecular weight is 671 g/mol. The number of anilines is 2. The summed E-state index contributed by atoms with van der Waals surface area (Å²) in [5.74, 6) is -1.85. The summed E-state index contributed by atoms with van der Waals surface area (Å²) < 4.78 is 5.87. The van der Waals surface area contributed by atoms with Crippen LogP contribution in [-0.2, 0) is 14.4 Å². The Labute approximate surface area is 274 Å². The summed E-state index contributed by atoms with van der Waals surface area (Å²) in [5, 5.41) is 24.1. The topological polar surface area (TPSA) is 172 Å². The number of non-ortho nitro benzene ring substituents is 1. The number of hydrogen-bond acceptors (Lipinski definition) is 10. The van der Waals surface area contributed by atoms with Crippen molar-refractivity contribution in [3.05, 3.63) is 103 Å². The molecule has 0 radical (unpaired) electrons. The van der Waals surface area contributed by atoms with Crippen LogP contribution in [-0.4, -0.2) is 44.6 Å². The lowest BCUT2D eigenvalue weighted by Crippen LogP contribution is -2.42. The number of rotatable bonds is 7. The minimum absolute atomic E-state index is 0.0155. The number of aromatic nitrogens is 1. The maximum absolute atomic E-state index is 14.0. The van der Waals surface area contributed by atoms with E-state index < -0.39 is 16.8 Å². The summed E-state index contributed by atoms with van der Waals surface area (Å²) in [4.78, 5) is 68.5. The summed E-state index contributed by atoms with van der Waals surface area (Å²) in [7, 11) is 0. The molecule has 3 N–H and O–H groups in total. The number of nitro benzene ring substituents is 1. The van der Waals surface area contributed by atoms with Crippen molar-refractivity contribution in [1.82, 2.24) is 4.98 Å². The first-order valence-electron chi connectivity index (χ1n) is 15.0. The van der Waals surface area contributed by atoms with Gasteiger partial charge in [-0.25, -0.2) is 0 Å². The highest BCUT2D eigenvalue weighted by atomic mass is 32.2. The third kappa shape index (κ3) is 4.81. The van der Waals surface area contributed by atoms with E-state index >= 15 is 0 Å². The fourth-order valence-electron chi connectivity index (χ4n) is 8.06. The van der Waals surface area contributed by atoms with E-state index in [1.54, 1.807) is 30.0 Å². The normalized spacial score (nSPS) is 26.9. The number of phenolic OH excluding ortho intramolecular Hbond substituents is 1. The van der Waals surface area contributed by atoms with Gasteiger partial charge in [-0.3, -0.25) is 34.2 Å². The molecule has 47 heavy (non-hydrogen) atoms. The number of nitrogens with zero attached hydrogens (tertiary/aromatic N) is 2. The van der Waals surface area contributed by atoms with Crippen LogP contribution in [0.4, 0.5) is 17.1 Å². The van der Waals surface area contributed by atoms with Crippen molar-refractivity contribution in [3.8, 4) is 11.5 Å².